The van der Waals surface area contributed by atoms with Crippen LogP contribution in [0.5, 0.6) is 0 Å². The molecule has 0 unspecified atom stereocenters. The number of aromatic amines is 1. The molecule has 2 aromatic heterocycles. The van der Waals surface area contributed by atoms with Crippen LogP contribution in [0, 0.1) is 12.8 Å². The van der Waals surface area contributed by atoms with Crippen LogP contribution in [0.15, 0.2) is 30.7 Å². The number of anilines is 1. The fourth-order valence-corrected chi connectivity index (χ4v) is 2.60. The number of nitrogens with zero attached hydrogens (tertiary/aromatic N) is 3. The van der Waals surface area contributed by atoms with Gasteiger partial charge in [0.1, 0.15) is 0 Å². The van der Waals surface area contributed by atoms with Crippen LogP contribution in [-0.2, 0) is 6.54 Å². The van der Waals surface area contributed by atoms with Crippen molar-refractivity contribution in [3.05, 3.63) is 42.0 Å². The molecule has 3 aromatic rings. The zero-order valence-electron chi connectivity index (χ0n) is 12.3. The van der Waals surface area contributed by atoms with Gasteiger partial charge in [0.25, 0.3) is 5.91 Å². The number of imidazole rings is 1. The molecule has 0 atom stereocenters. The zero-order chi connectivity index (χ0) is 15.1. The predicted octanol–water partition coefficient (Wildman–Crippen LogP) is 2.73. The maximum Gasteiger partial charge on any atom is 0.256 e. The summed E-state index contributed by atoms with van der Waals surface area (Å²) in [6, 6.07) is 5.51. The number of carbonyl (C=O) groups excluding carboxylic acids is 1. The van der Waals surface area contributed by atoms with Crippen molar-refractivity contribution in [2.75, 3.05) is 5.32 Å². The third-order valence-corrected chi connectivity index (χ3v) is 4.05. The summed E-state index contributed by atoms with van der Waals surface area (Å²) < 4.78 is 2.04. The number of fused-ring (bicyclic) bond motifs is 1. The quantitative estimate of drug-likeness (QED) is 0.777. The molecule has 4 rings (SSSR count). The summed E-state index contributed by atoms with van der Waals surface area (Å²) in [5, 5.41) is 11.0. The molecule has 0 bridgehead atoms. The molecule has 2 N–H and O–H groups in total. The normalized spacial score (nSPS) is 14.4. The monoisotopic (exact) mass is 295 g/mol. The van der Waals surface area contributed by atoms with Crippen LogP contribution < -0.4 is 5.32 Å². The lowest BCUT2D eigenvalue weighted by molar-refractivity contribution is 0.102. The zero-order valence-corrected chi connectivity index (χ0v) is 12.3. The van der Waals surface area contributed by atoms with E-state index in [1.54, 1.807) is 18.5 Å². The maximum atomic E-state index is 12.3. The second-order valence-electron chi connectivity index (χ2n) is 5.93. The van der Waals surface area contributed by atoms with E-state index in [1.807, 2.05) is 23.8 Å². The van der Waals surface area contributed by atoms with E-state index in [0.717, 1.165) is 29.1 Å². The van der Waals surface area contributed by atoms with E-state index in [4.69, 9.17) is 0 Å². The Morgan fingerprint density at radius 3 is 3.14 bits per heavy atom. The fourth-order valence-electron chi connectivity index (χ4n) is 2.60. The van der Waals surface area contributed by atoms with Crippen LogP contribution in [0.1, 0.15) is 28.9 Å². The van der Waals surface area contributed by atoms with Crippen LogP contribution in [0.2, 0.25) is 0 Å². The molecule has 1 fully saturated rings. The smallest absolute Gasteiger partial charge is 0.256 e. The van der Waals surface area contributed by atoms with Gasteiger partial charge in [-0.05, 0) is 37.8 Å². The third-order valence-electron chi connectivity index (χ3n) is 4.05. The van der Waals surface area contributed by atoms with E-state index in [9.17, 15) is 4.79 Å². The van der Waals surface area contributed by atoms with Gasteiger partial charge in [-0.3, -0.25) is 9.89 Å². The molecule has 1 saturated carbocycles. The lowest BCUT2D eigenvalue weighted by atomic mass is 10.1. The maximum absolute atomic E-state index is 12.3. The minimum atomic E-state index is -0.167. The summed E-state index contributed by atoms with van der Waals surface area (Å²) >= 11 is 0. The highest BCUT2D eigenvalue weighted by Gasteiger charge is 2.21. The summed E-state index contributed by atoms with van der Waals surface area (Å²) in [6.07, 6.45) is 6.24. The fraction of sp³-hybridized carbons (Fsp3) is 0.312. The van der Waals surface area contributed by atoms with Crippen LogP contribution in [0.3, 0.4) is 0 Å². The van der Waals surface area contributed by atoms with Crippen molar-refractivity contribution in [2.24, 2.45) is 5.92 Å². The SMILES string of the molecule is Cc1[nH]nc2cc(C(=O)Nc3cn(CC4CC4)cn3)ccc12. The van der Waals surface area contributed by atoms with Gasteiger partial charge in [0.05, 0.1) is 11.8 Å². The van der Waals surface area contributed by atoms with Crippen molar-refractivity contribution in [2.45, 2.75) is 26.3 Å². The van der Waals surface area contributed by atoms with Gasteiger partial charge in [-0.2, -0.15) is 5.10 Å². The lowest BCUT2D eigenvalue weighted by Crippen LogP contribution is -2.12. The summed E-state index contributed by atoms with van der Waals surface area (Å²) in [6.45, 7) is 2.95. The van der Waals surface area contributed by atoms with Crippen molar-refractivity contribution in [1.82, 2.24) is 19.7 Å². The molecule has 1 amide bonds. The largest absolute Gasteiger partial charge is 0.335 e. The van der Waals surface area contributed by atoms with Crippen molar-refractivity contribution < 1.29 is 4.79 Å². The number of rotatable bonds is 4. The molecule has 6 nitrogen and oxygen atoms in total. The minimum absolute atomic E-state index is 0.167. The lowest BCUT2D eigenvalue weighted by Gasteiger charge is -2.02. The van der Waals surface area contributed by atoms with Gasteiger partial charge in [-0.15, -0.1) is 0 Å². The average Bonchev–Trinajstić information content (AvgIpc) is 3.10. The number of nitrogens with one attached hydrogen (secondary N) is 2. The van der Waals surface area contributed by atoms with E-state index in [1.165, 1.54) is 12.8 Å². The number of hydrogen-bond donors (Lipinski definition) is 2. The summed E-state index contributed by atoms with van der Waals surface area (Å²) in [5.74, 6) is 1.20. The molecule has 0 spiro atoms. The van der Waals surface area contributed by atoms with Gasteiger partial charge in [-0.1, -0.05) is 6.07 Å². The van der Waals surface area contributed by atoms with Gasteiger partial charge in [0.15, 0.2) is 5.82 Å². The van der Waals surface area contributed by atoms with E-state index >= 15 is 0 Å². The molecule has 1 aliphatic rings. The van der Waals surface area contributed by atoms with Gasteiger partial charge in [0.2, 0.25) is 0 Å². The van der Waals surface area contributed by atoms with E-state index in [-0.39, 0.29) is 5.91 Å². The highest BCUT2D eigenvalue weighted by molar-refractivity contribution is 6.05. The van der Waals surface area contributed by atoms with Crippen LogP contribution in [-0.4, -0.2) is 25.7 Å². The number of benzene rings is 1. The van der Waals surface area contributed by atoms with Gasteiger partial charge in [-0.25, -0.2) is 4.98 Å². The van der Waals surface area contributed by atoms with Gasteiger partial charge < -0.3 is 9.88 Å². The second-order valence-corrected chi connectivity index (χ2v) is 5.93. The molecule has 6 heteroatoms. The number of aromatic nitrogens is 4. The van der Waals surface area contributed by atoms with Crippen LogP contribution >= 0.6 is 0 Å². The van der Waals surface area contributed by atoms with Crippen molar-refractivity contribution in [3.63, 3.8) is 0 Å². The Morgan fingerprint density at radius 2 is 2.32 bits per heavy atom. The molecule has 0 saturated heterocycles. The standard InChI is InChI=1S/C16H17N5O/c1-10-13-5-4-12(6-14(13)20-19-10)16(22)18-15-8-21(9-17-15)7-11-2-3-11/h4-6,8-9,11H,2-3,7H2,1H3,(H,18,22)(H,19,20). The van der Waals surface area contributed by atoms with Gasteiger partial charge >= 0.3 is 0 Å². The first kappa shape index (κ1) is 13.1. The van der Waals surface area contributed by atoms with Crippen molar-refractivity contribution >= 4 is 22.6 Å². The number of hydrogen-bond acceptors (Lipinski definition) is 3. The Labute approximate surface area is 127 Å². The van der Waals surface area contributed by atoms with Crippen LogP contribution in [0.4, 0.5) is 5.82 Å². The molecule has 0 radical (unpaired) electrons. The first-order valence-electron chi connectivity index (χ1n) is 7.47. The molecule has 22 heavy (non-hydrogen) atoms. The topological polar surface area (TPSA) is 75.6 Å². The number of H-pyrrole nitrogens is 1. The molecular formula is C16H17N5O. The summed E-state index contributed by atoms with van der Waals surface area (Å²) in [5.41, 5.74) is 2.38. The Kier molecular flexibility index (Phi) is 2.96. The van der Waals surface area contributed by atoms with E-state index < -0.39 is 0 Å². The highest BCUT2D eigenvalue weighted by atomic mass is 16.1. The molecular weight excluding hydrogens is 278 g/mol. The van der Waals surface area contributed by atoms with Crippen LogP contribution in [0.25, 0.3) is 10.9 Å². The molecule has 112 valence electrons. The van der Waals surface area contributed by atoms with Gasteiger partial charge in [0, 0.05) is 29.4 Å². The first-order valence-corrected chi connectivity index (χ1v) is 7.47. The highest BCUT2D eigenvalue weighted by Crippen LogP contribution is 2.30. The molecule has 0 aliphatic heterocycles. The number of amides is 1. The molecule has 1 aliphatic carbocycles. The van der Waals surface area contributed by atoms with Crippen molar-refractivity contribution in [1.29, 1.82) is 0 Å². The predicted molar refractivity (Wildman–Crippen MR) is 83.7 cm³/mol. The van der Waals surface area contributed by atoms with E-state index in [2.05, 4.69) is 20.5 Å². The average molecular weight is 295 g/mol. The van der Waals surface area contributed by atoms with Crippen molar-refractivity contribution in [3.8, 4) is 0 Å². The Hall–Kier alpha value is -2.63. The Morgan fingerprint density at radius 1 is 1.45 bits per heavy atom. The molecule has 2 heterocycles. The molecule has 1 aromatic carbocycles. The third kappa shape index (κ3) is 2.47. The number of aryl methyl sites for hydroxylation is 1. The summed E-state index contributed by atoms with van der Waals surface area (Å²) in [7, 11) is 0. The first-order chi connectivity index (χ1) is 10.7. The second kappa shape index (κ2) is 4.98. The summed E-state index contributed by atoms with van der Waals surface area (Å²) in [4.78, 5) is 16.5. The Bertz CT molecular complexity index is 843. The van der Waals surface area contributed by atoms with E-state index in [0.29, 0.717) is 11.4 Å². The minimum Gasteiger partial charge on any atom is -0.335 e. The number of carbonyl (C=O) groups is 1. The Balaban J connectivity index is 1.51.